The number of thiophene rings is 1. The number of hydrogen-bond donors (Lipinski definition) is 2. The smallest absolute Gasteiger partial charge is 0.345 e. The van der Waals surface area contributed by atoms with Crippen molar-refractivity contribution in [3.05, 3.63) is 51.0 Å². The van der Waals surface area contributed by atoms with E-state index in [-0.39, 0.29) is 22.8 Å². The molecule has 2 aromatic rings. The van der Waals surface area contributed by atoms with Crippen LogP contribution in [0.5, 0.6) is 5.75 Å². The third-order valence-corrected chi connectivity index (χ3v) is 3.92. The van der Waals surface area contributed by atoms with Crippen LogP contribution in [0.15, 0.2) is 24.3 Å². The highest BCUT2D eigenvalue weighted by Crippen LogP contribution is 2.25. The zero-order valence-electron chi connectivity index (χ0n) is 11.1. The Morgan fingerprint density at radius 2 is 2.14 bits per heavy atom. The third-order valence-electron chi connectivity index (χ3n) is 2.84. The summed E-state index contributed by atoms with van der Waals surface area (Å²) < 4.78 is 19.0. The molecule has 3 N–H and O–H groups in total. The highest BCUT2D eigenvalue weighted by atomic mass is 32.1. The van der Waals surface area contributed by atoms with Gasteiger partial charge in [0.05, 0.1) is 0 Å². The summed E-state index contributed by atoms with van der Waals surface area (Å²) in [5.74, 6) is -2.66. The monoisotopic (exact) mass is 309 g/mol. The van der Waals surface area contributed by atoms with Crippen molar-refractivity contribution < 1.29 is 23.8 Å². The molecule has 21 heavy (non-hydrogen) atoms. The standard InChI is InChI=1S/C14H12FNO4S/c1-7-8(5-11(21-7)14(18)19)6-20-10-4-2-3-9(15)12(10)13(16)17/h2-5H,6H2,1H3,(H2,16,17)(H,18,19). The minimum absolute atomic E-state index is 0.0271. The Balaban J connectivity index is 2.23. The molecule has 1 aromatic heterocycles. The lowest BCUT2D eigenvalue weighted by Gasteiger charge is -2.09. The summed E-state index contributed by atoms with van der Waals surface area (Å²) in [6, 6.07) is 5.44. The van der Waals surface area contributed by atoms with Crippen molar-refractivity contribution >= 4 is 23.2 Å². The number of nitrogens with two attached hydrogens (primary N) is 1. The van der Waals surface area contributed by atoms with Gasteiger partial charge in [0.15, 0.2) is 0 Å². The number of primary amides is 1. The van der Waals surface area contributed by atoms with Crippen LogP contribution in [-0.4, -0.2) is 17.0 Å². The summed E-state index contributed by atoms with van der Waals surface area (Å²) in [4.78, 5) is 23.1. The Morgan fingerprint density at radius 3 is 2.71 bits per heavy atom. The molecule has 110 valence electrons. The maximum atomic E-state index is 13.6. The first-order chi connectivity index (χ1) is 9.90. The number of ether oxygens (including phenoxy) is 1. The first-order valence-electron chi connectivity index (χ1n) is 5.94. The van der Waals surface area contributed by atoms with Gasteiger partial charge in [-0.25, -0.2) is 9.18 Å². The van der Waals surface area contributed by atoms with E-state index < -0.39 is 17.7 Å². The van der Waals surface area contributed by atoms with E-state index in [2.05, 4.69) is 0 Å². The summed E-state index contributed by atoms with van der Waals surface area (Å²) in [5, 5.41) is 8.92. The predicted molar refractivity (Wildman–Crippen MR) is 75.3 cm³/mol. The summed E-state index contributed by atoms with van der Waals surface area (Å²) in [5.41, 5.74) is 5.47. The highest BCUT2D eigenvalue weighted by molar-refractivity contribution is 7.14. The number of amides is 1. The van der Waals surface area contributed by atoms with Crippen LogP contribution in [0.2, 0.25) is 0 Å². The minimum Gasteiger partial charge on any atom is -0.488 e. The molecule has 7 heteroatoms. The Bertz CT molecular complexity index is 711. The van der Waals surface area contributed by atoms with Crippen LogP contribution in [0.4, 0.5) is 4.39 Å². The van der Waals surface area contributed by atoms with Gasteiger partial charge in [0.2, 0.25) is 0 Å². The first kappa shape index (κ1) is 15.0. The van der Waals surface area contributed by atoms with Gasteiger partial charge in [0.25, 0.3) is 5.91 Å². The van der Waals surface area contributed by atoms with Crippen molar-refractivity contribution in [2.45, 2.75) is 13.5 Å². The zero-order chi connectivity index (χ0) is 15.6. The minimum atomic E-state index is -1.02. The molecule has 0 saturated carbocycles. The number of carboxylic acids is 1. The molecule has 1 amide bonds. The number of rotatable bonds is 5. The van der Waals surface area contributed by atoms with Gasteiger partial charge in [-0.05, 0) is 25.1 Å². The molecule has 0 unspecified atom stereocenters. The van der Waals surface area contributed by atoms with Gasteiger partial charge in [-0.3, -0.25) is 4.79 Å². The number of carbonyl (C=O) groups excluding carboxylic acids is 1. The Kier molecular flexibility index (Phi) is 4.23. The summed E-state index contributed by atoms with van der Waals surface area (Å²) in [6.07, 6.45) is 0. The summed E-state index contributed by atoms with van der Waals surface area (Å²) in [6.45, 7) is 1.79. The van der Waals surface area contributed by atoms with Crippen LogP contribution in [0, 0.1) is 12.7 Å². The molecular weight excluding hydrogens is 297 g/mol. The van der Waals surface area contributed by atoms with Crippen LogP contribution in [0.1, 0.15) is 30.5 Å². The summed E-state index contributed by atoms with van der Waals surface area (Å²) >= 11 is 1.13. The zero-order valence-corrected chi connectivity index (χ0v) is 11.9. The second kappa shape index (κ2) is 5.92. The van der Waals surface area contributed by atoms with Crippen LogP contribution in [0.25, 0.3) is 0 Å². The van der Waals surface area contributed by atoms with E-state index in [9.17, 15) is 14.0 Å². The van der Waals surface area contributed by atoms with E-state index in [1.807, 2.05) is 0 Å². The van der Waals surface area contributed by atoms with Gasteiger partial charge in [0.1, 0.15) is 28.6 Å². The number of aryl methyl sites for hydroxylation is 1. The second-order valence-corrected chi connectivity index (χ2v) is 5.52. The van der Waals surface area contributed by atoms with Gasteiger partial charge >= 0.3 is 5.97 Å². The third kappa shape index (κ3) is 3.19. The van der Waals surface area contributed by atoms with Crippen molar-refractivity contribution in [3.63, 3.8) is 0 Å². The number of aromatic carboxylic acids is 1. The topological polar surface area (TPSA) is 89.6 Å². The molecule has 0 radical (unpaired) electrons. The maximum Gasteiger partial charge on any atom is 0.345 e. The number of hydrogen-bond acceptors (Lipinski definition) is 4. The molecule has 0 saturated heterocycles. The molecule has 5 nitrogen and oxygen atoms in total. The molecule has 0 aliphatic rings. The normalized spacial score (nSPS) is 10.4. The fraction of sp³-hybridized carbons (Fsp3) is 0.143. The van der Waals surface area contributed by atoms with Crippen LogP contribution >= 0.6 is 11.3 Å². The molecule has 0 fully saturated rings. The number of carboxylic acid groups (broad SMARTS) is 1. The maximum absolute atomic E-state index is 13.6. The van der Waals surface area contributed by atoms with E-state index in [4.69, 9.17) is 15.6 Å². The molecule has 0 bridgehead atoms. The Morgan fingerprint density at radius 1 is 1.43 bits per heavy atom. The van der Waals surface area contributed by atoms with E-state index in [1.54, 1.807) is 6.92 Å². The van der Waals surface area contributed by atoms with Gasteiger partial charge in [-0.2, -0.15) is 0 Å². The van der Waals surface area contributed by atoms with Crippen molar-refractivity contribution in [1.29, 1.82) is 0 Å². The largest absolute Gasteiger partial charge is 0.488 e. The van der Waals surface area contributed by atoms with Crippen molar-refractivity contribution in [2.24, 2.45) is 5.73 Å². The van der Waals surface area contributed by atoms with Gasteiger partial charge in [-0.15, -0.1) is 11.3 Å². The SMILES string of the molecule is Cc1sc(C(=O)O)cc1COc1cccc(F)c1C(N)=O. The Hall–Kier alpha value is -2.41. The summed E-state index contributed by atoms with van der Waals surface area (Å²) in [7, 11) is 0. The number of carbonyl (C=O) groups is 2. The van der Waals surface area contributed by atoms with Crippen LogP contribution in [-0.2, 0) is 6.61 Å². The predicted octanol–water partition coefficient (Wildman–Crippen LogP) is 2.57. The second-order valence-electron chi connectivity index (χ2n) is 4.26. The fourth-order valence-electron chi connectivity index (χ4n) is 1.79. The fourth-order valence-corrected chi connectivity index (χ4v) is 2.66. The van der Waals surface area contributed by atoms with Gasteiger partial charge < -0.3 is 15.6 Å². The first-order valence-corrected chi connectivity index (χ1v) is 6.75. The molecule has 2 rings (SSSR count). The van der Waals surface area contributed by atoms with E-state index in [0.717, 1.165) is 22.3 Å². The number of benzene rings is 1. The lowest BCUT2D eigenvalue weighted by atomic mass is 10.2. The average Bonchev–Trinajstić information content (AvgIpc) is 2.77. The van der Waals surface area contributed by atoms with Crippen molar-refractivity contribution in [2.75, 3.05) is 0 Å². The van der Waals surface area contributed by atoms with Crippen LogP contribution < -0.4 is 10.5 Å². The highest BCUT2D eigenvalue weighted by Gasteiger charge is 2.16. The molecular formula is C14H12FNO4S. The van der Waals surface area contributed by atoms with Gasteiger partial charge in [0, 0.05) is 10.4 Å². The molecule has 0 aliphatic carbocycles. The average molecular weight is 309 g/mol. The van der Waals surface area contributed by atoms with E-state index >= 15 is 0 Å². The van der Waals surface area contributed by atoms with Crippen molar-refractivity contribution in [1.82, 2.24) is 0 Å². The molecule has 0 spiro atoms. The van der Waals surface area contributed by atoms with Crippen LogP contribution in [0.3, 0.4) is 0 Å². The lowest BCUT2D eigenvalue weighted by Crippen LogP contribution is -2.15. The van der Waals surface area contributed by atoms with Crippen molar-refractivity contribution in [3.8, 4) is 5.75 Å². The molecule has 0 atom stereocenters. The molecule has 1 heterocycles. The molecule has 1 aromatic carbocycles. The van der Waals surface area contributed by atoms with E-state index in [0.29, 0.717) is 5.56 Å². The lowest BCUT2D eigenvalue weighted by molar-refractivity contribution is 0.0701. The number of halogens is 1. The van der Waals surface area contributed by atoms with Gasteiger partial charge in [-0.1, -0.05) is 6.07 Å². The quantitative estimate of drug-likeness (QED) is 0.888. The molecule has 0 aliphatic heterocycles. The van der Waals surface area contributed by atoms with E-state index in [1.165, 1.54) is 18.2 Å². The Labute approximate surface area is 123 Å².